The summed E-state index contributed by atoms with van der Waals surface area (Å²) in [5.41, 5.74) is 2.14. The predicted octanol–water partition coefficient (Wildman–Crippen LogP) is 3.43. The van der Waals surface area contributed by atoms with Gasteiger partial charge in [-0.2, -0.15) is 0 Å². The molecular weight excluding hydrogens is 418 g/mol. The first-order valence-electron chi connectivity index (χ1n) is 9.16. The van der Waals surface area contributed by atoms with Crippen LogP contribution in [0.3, 0.4) is 0 Å². The number of nitrogens with one attached hydrogen (secondary N) is 1. The Morgan fingerprint density at radius 3 is 2.47 bits per heavy atom. The smallest absolute Gasteiger partial charge is 0.267 e. The number of rotatable bonds is 5. The van der Waals surface area contributed by atoms with Crippen molar-refractivity contribution in [3.8, 4) is 0 Å². The van der Waals surface area contributed by atoms with Crippen LogP contribution in [-0.2, 0) is 14.4 Å². The molecule has 2 aromatic carbocycles. The van der Waals surface area contributed by atoms with Gasteiger partial charge in [-0.15, -0.1) is 6.58 Å². The van der Waals surface area contributed by atoms with E-state index in [0.717, 1.165) is 11.8 Å². The van der Waals surface area contributed by atoms with E-state index in [-0.39, 0.29) is 35.4 Å². The standard InChI is InChI=1S/C22H17N3O3S2/c1-2-12-24-21(28)19(30-22(24)29)18-15-10-6-7-11-16(15)25(20(18)27)13-17(26)23-14-8-4-3-5-9-14/h2-11H,1,12-13H2,(H,23,26)/b19-18-. The zero-order valence-electron chi connectivity index (χ0n) is 15.8. The Labute approximate surface area is 183 Å². The van der Waals surface area contributed by atoms with Crippen LogP contribution in [0.5, 0.6) is 0 Å². The van der Waals surface area contributed by atoms with E-state index in [4.69, 9.17) is 12.2 Å². The summed E-state index contributed by atoms with van der Waals surface area (Å²) >= 11 is 6.40. The highest BCUT2D eigenvalue weighted by atomic mass is 32.2. The molecule has 4 rings (SSSR count). The van der Waals surface area contributed by atoms with Gasteiger partial charge in [0.1, 0.15) is 10.9 Å². The number of hydrogen-bond acceptors (Lipinski definition) is 5. The fourth-order valence-electron chi connectivity index (χ4n) is 3.36. The van der Waals surface area contributed by atoms with E-state index in [2.05, 4.69) is 11.9 Å². The lowest BCUT2D eigenvalue weighted by atomic mass is 10.1. The Morgan fingerprint density at radius 1 is 1.03 bits per heavy atom. The summed E-state index contributed by atoms with van der Waals surface area (Å²) in [5.74, 6) is -1.04. The van der Waals surface area contributed by atoms with Crippen molar-refractivity contribution in [3.63, 3.8) is 0 Å². The van der Waals surface area contributed by atoms with Crippen LogP contribution in [0.15, 0.2) is 72.2 Å². The number of hydrogen-bond donors (Lipinski definition) is 1. The Morgan fingerprint density at radius 2 is 1.73 bits per heavy atom. The molecule has 0 aromatic heterocycles. The van der Waals surface area contributed by atoms with Crippen molar-refractivity contribution in [1.82, 2.24) is 4.90 Å². The molecule has 0 saturated carbocycles. The summed E-state index contributed by atoms with van der Waals surface area (Å²) in [6.07, 6.45) is 1.59. The molecule has 3 amide bonds. The van der Waals surface area contributed by atoms with E-state index in [0.29, 0.717) is 21.3 Å². The second kappa shape index (κ2) is 8.25. The molecule has 2 aromatic rings. The van der Waals surface area contributed by atoms with E-state index in [9.17, 15) is 14.4 Å². The van der Waals surface area contributed by atoms with E-state index >= 15 is 0 Å². The number of amides is 3. The maximum atomic E-state index is 13.3. The van der Waals surface area contributed by atoms with Crippen molar-refractivity contribution in [2.24, 2.45) is 0 Å². The van der Waals surface area contributed by atoms with E-state index in [1.54, 1.807) is 42.5 Å². The van der Waals surface area contributed by atoms with Crippen LogP contribution in [0.1, 0.15) is 5.56 Å². The molecule has 2 heterocycles. The molecule has 1 fully saturated rings. The highest BCUT2D eigenvalue weighted by Crippen LogP contribution is 2.44. The third-order valence-electron chi connectivity index (χ3n) is 4.67. The van der Waals surface area contributed by atoms with Crippen LogP contribution in [0.4, 0.5) is 11.4 Å². The van der Waals surface area contributed by atoms with Gasteiger partial charge in [-0.05, 0) is 18.2 Å². The number of carbonyl (C=O) groups excluding carboxylic acids is 3. The molecule has 0 unspecified atom stereocenters. The minimum absolute atomic E-state index is 0.165. The molecule has 0 radical (unpaired) electrons. The second-order valence-electron chi connectivity index (χ2n) is 6.60. The van der Waals surface area contributed by atoms with Crippen LogP contribution in [-0.4, -0.2) is 40.0 Å². The largest absolute Gasteiger partial charge is 0.325 e. The molecule has 8 heteroatoms. The first-order chi connectivity index (χ1) is 14.5. The zero-order chi connectivity index (χ0) is 21.3. The summed E-state index contributed by atoms with van der Waals surface area (Å²) in [4.78, 5) is 41.8. The summed E-state index contributed by atoms with van der Waals surface area (Å²) in [6.45, 7) is 3.76. The van der Waals surface area contributed by atoms with Crippen LogP contribution >= 0.6 is 24.0 Å². The molecule has 2 aliphatic heterocycles. The lowest BCUT2D eigenvalue weighted by Crippen LogP contribution is -2.35. The minimum Gasteiger partial charge on any atom is -0.325 e. The number of thiocarbonyl (C=S) groups is 1. The van der Waals surface area contributed by atoms with Gasteiger partial charge in [0.25, 0.3) is 11.8 Å². The molecule has 0 spiro atoms. The number of anilines is 2. The summed E-state index contributed by atoms with van der Waals surface area (Å²) in [5, 5.41) is 2.78. The lowest BCUT2D eigenvalue weighted by Gasteiger charge is -2.16. The Kier molecular flexibility index (Phi) is 5.52. The molecule has 0 atom stereocenters. The number of thioether (sulfide) groups is 1. The molecular formula is C22H17N3O3S2. The van der Waals surface area contributed by atoms with Crippen LogP contribution in [0.2, 0.25) is 0 Å². The van der Waals surface area contributed by atoms with E-state index in [1.807, 2.05) is 18.2 Å². The van der Waals surface area contributed by atoms with Crippen molar-refractivity contribution in [1.29, 1.82) is 0 Å². The predicted molar refractivity (Wildman–Crippen MR) is 123 cm³/mol. The quantitative estimate of drug-likeness (QED) is 0.443. The lowest BCUT2D eigenvalue weighted by molar-refractivity contribution is -0.122. The van der Waals surface area contributed by atoms with E-state index in [1.165, 1.54) is 9.80 Å². The summed E-state index contributed by atoms with van der Waals surface area (Å²) in [7, 11) is 0. The highest BCUT2D eigenvalue weighted by Gasteiger charge is 2.42. The van der Waals surface area contributed by atoms with Crippen LogP contribution < -0.4 is 10.2 Å². The van der Waals surface area contributed by atoms with Crippen molar-refractivity contribution in [3.05, 3.63) is 77.7 Å². The molecule has 1 N–H and O–H groups in total. The first kappa shape index (κ1) is 20.1. The van der Waals surface area contributed by atoms with Gasteiger partial charge in [-0.1, -0.05) is 66.5 Å². The van der Waals surface area contributed by atoms with E-state index < -0.39 is 5.91 Å². The topological polar surface area (TPSA) is 69.7 Å². The maximum Gasteiger partial charge on any atom is 0.267 e. The molecule has 0 bridgehead atoms. The highest BCUT2D eigenvalue weighted by molar-refractivity contribution is 8.26. The van der Waals surface area contributed by atoms with Gasteiger partial charge in [0.15, 0.2) is 0 Å². The Bertz CT molecular complexity index is 1110. The number of carbonyl (C=O) groups is 3. The molecule has 6 nitrogen and oxygen atoms in total. The average Bonchev–Trinajstić information content (AvgIpc) is 3.17. The van der Waals surface area contributed by atoms with Crippen molar-refractivity contribution in [2.45, 2.75) is 0 Å². The fourth-order valence-corrected chi connectivity index (χ4v) is 4.70. The molecule has 2 aliphatic rings. The molecule has 1 saturated heterocycles. The fraction of sp³-hybridized carbons (Fsp3) is 0.0909. The van der Waals surface area contributed by atoms with Gasteiger partial charge in [0, 0.05) is 17.8 Å². The molecule has 30 heavy (non-hydrogen) atoms. The SMILES string of the molecule is C=CCN1C(=O)/C(=C2/C(=O)N(CC(=O)Nc3ccccc3)c3ccccc32)SC1=S. The minimum atomic E-state index is -0.390. The normalized spacial score (nSPS) is 18.1. The average molecular weight is 436 g/mol. The van der Waals surface area contributed by atoms with Gasteiger partial charge < -0.3 is 5.32 Å². The monoisotopic (exact) mass is 435 g/mol. The number of benzene rings is 2. The first-order valence-corrected chi connectivity index (χ1v) is 10.4. The van der Waals surface area contributed by atoms with Gasteiger partial charge in [-0.3, -0.25) is 24.2 Å². The van der Waals surface area contributed by atoms with Crippen molar-refractivity contribution in [2.75, 3.05) is 23.3 Å². The Hall–Kier alpha value is -3.23. The van der Waals surface area contributed by atoms with Gasteiger partial charge in [0.2, 0.25) is 5.91 Å². The van der Waals surface area contributed by atoms with Crippen LogP contribution in [0, 0.1) is 0 Å². The van der Waals surface area contributed by atoms with Crippen molar-refractivity contribution >= 4 is 63.0 Å². The third-order valence-corrected chi connectivity index (χ3v) is 6.12. The number of fused-ring (bicyclic) bond motifs is 1. The molecule has 0 aliphatic carbocycles. The number of para-hydroxylation sites is 2. The third kappa shape index (κ3) is 3.55. The Balaban J connectivity index is 1.67. The maximum absolute atomic E-state index is 13.3. The molecule has 150 valence electrons. The van der Waals surface area contributed by atoms with Crippen molar-refractivity contribution < 1.29 is 14.4 Å². The summed E-state index contributed by atoms with van der Waals surface area (Å²) in [6, 6.07) is 16.2. The van der Waals surface area contributed by atoms with Gasteiger partial charge in [-0.25, -0.2) is 0 Å². The van der Waals surface area contributed by atoms with Gasteiger partial charge >= 0.3 is 0 Å². The summed E-state index contributed by atoms with van der Waals surface area (Å²) < 4.78 is 0.382. The van der Waals surface area contributed by atoms with Gasteiger partial charge in [0.05, 0.1) is 16.2 Å². The zero-order valence-corrected chi connectivity index (χ0v) is 17.5. The van der Waals surface area contributed by atoms with Crippen LogP contribution in [0.25, 0.3) is 5.57 Å². The number of nitrogens with zero attached hydrogens (tertiary/aromatic N) is 2. The second-order valence-corrected chi connectivity index (χ2v) is 8.24.